The highest BCUT2D eigenvalue weighted by molar-refractivity contribution is 5.15. The van der Waals surface area contributed by atoms with Crippen molar-refractivity contribution in [3.8, 4) is 0 Å². The number of aliphatic hydroxyl groups excluding tert-OH is 2. The maximum absolute atomic E-state index is 8.98. The van der Waals surface area contributed by atoms with Crippen molar-refractivity contribution in [2.45, 2.75) is 6.04 Å². The number of nitrogens with two attached hydrogens (primary N) is 1. The van der Waals surface area contributed by atoms with E-state index in [2.05, 4.69) is 4.98 Å². The Hall–Kier alpha value is -1.01. The summed E-state index contributed by atoms with van der Waals surface area (Å²) in [5.74, 6) is 0. The van der Waals surface area contributed by atoms with E-state index >= 15 is 0 Å². The molecule has 0 spiro atoms. The van der Waals surface area contributed by atoms with Gasteiger partial charge in [-0.15, -0.1) is 0 Å². The summed E-state index contributed by atoms with van der Waals surface area (Å²) in [5.41, 5.74) is 6.80. The van der Waals surface area contributed by atoms with E-state index in [1.54, 1.807) is 12.4 Å². The predicted octanol–water partition coefficient (Wildman–Crippen LogP) is -0.632. The molecule has 1 aromatic heterocycles. The Labute approximate surface area is 95.5 Å². The maximum Gasteiger partial charge on any atom is 0.0558 e. The van der Waals surface area contributed by atoms with Crippen molar-refractivity contribution >= 4 is 0 Å². The zero-order valence-corrected chi connectivity index (χ0v) is 9.29. The van der Waals surface area contributed by atoms with Gasteiger partial charge in [-0.05, 0) is 17.7 Å². The molecule has 1 unspecified atom stereocenters. The maximum atomic E-state index is 8.98. The standard InChI is InChI=1S/C11H19N3O2/c12-9-11(10-1-3-13-4-2-10)14(5-7-15)6-8-16/h1-4,11,15-16H,5-9,12H2. The van der Waals surface area contributed by atoms with Gasteiger partial charge in [0.25, 0.3) is 0 Å². The van der Waals surface area contributed by atoms with Gasteiger partial charge in [0, 0.05) is 38.1 Å². The van der Waals surface area contributed by atoms with Gasteiger partial charge >= 0.3 is 0 Å². The Morgan fingerprint density at radius 2 is 1.75 bits per heavy atom. The first kappa shape index (κ1) is 13.1. The zero-order valence-electron chi connectivity index (χ0n) is 9.29. The number of hydrogen-bond donors (Lipinski definition) is 3. The molecule has 0 amide bonds. The van der Waals surface area contributed by atoms with E-state index in [-0.39, 0.29) is 19.3 Å². The summed E-state index contributed by atoms with van der Waals surface area (Å²) in [7, 11) is 0. The van der Waals surface area contributed by atoms with Crippen molar-refractivity contribution < 1.29 is 10.2 Å². The number of pyridine rings is 1. The van der Waals surface area contributed by atoms with Crippen LogP contribution in [0.15, 0.2) is 24.5 Å². The van der Waals surface area contributed by atoms with Crippen LogP contribution in [0.1, 0.15) is 11.6 Å². The van der Waals surface area contributed by atoms with Crippen LogP contribution in [0.2, 0.25) is 0 Å². The van der Waals surface area contributed by atoms with Gasteiger partial charge in [-0.1, -0.05) is 0 Å². The molecular weight excluding hydrogens is 206 g/mol. The highest BCUT2D eigenvalue weighted by atomic mass is 16.3. The first-order valence-electron chi connectivity index (χ1n) is 5.39. The molecule has 1 aromatic rings. The third-order valence-electron chi connectivity index (χ3n) is 2.53. The second kappa shape index (κ2) is 7.29. The van der Waals surface area contributed by atoms with Gasteiger partial charge in [0.1, 0.15) is 0 Å². The van der Waals surface area contributed by atoms with Gasteiger partial charge in [-0.3, -0.25) is 9.88 Å². The van der Waals surface area contributed by atoms with Crippen LogP contribution in [0.5, 0.6) is 0 Å². The highest BCUT2D eigenvalue weighted by Crippen LogP contribution is 2.17. The molecule has 0 saturated carbocycles. The lowest BCUT2D eigenvalue weighted by atomic mass is 10.1. The summed E-state index contributed by atoms with van der Waals surface area (Å²) in [5, 5.41) is 18.0. The number of aliphatic hydroxyl groups is 2. The minimum Gasteiger partial charge on any atom is -0.395 e. The smallest absolute Gasteiger partial charge is 0.0558 e. The molecule has 0 saturated heterocycles. The Morgan fingerprint density at radius 1 is 1.19 bits per heavy atom. The van der Waals surface area contributed by atoms with E-state index in [1.807, 2.05) is 17.0 Å². The van der Waals surface area contributed by atoms with E-state index in [9.17, 15) is 0 Å². The summed E-state index contributed by atoms with van der Waals surface area (Å²) >= 11 is 0. The molecule has 0 aliphatic rings. The van der Waals surface area contributed by atoms with E-state index in [1.165, 1.54) is 0 Å². The number of hydrogen-bond acceptors (Lipinski definition) is 5. The quantitative estimate of drug-likeness (QED) is 0.575. The van der Waals surface area contributed by atoms with Crippen molar-refractivity contribution in [3.05, 3.63) is 30.1 Å². The molecule has 1 heterocycles. The summed E-state index contributed by atoms with van der Waals surface area (Å²) in [6, 6.07) is 3.82. The second-order valence-electron chi connectivity index (χ2n) is 3.52. The molecule has 0 aromatic carbocycles. The lowest BCUT2D eigenvalue weighted by molar-refractivity contribution is 0.124. The molecule has 1 rings (SSSR count). The Balaban J connectivity index is 2.77. The Bertz CT molecular complexity index is 276. The zero-order chi connectivity index (χ0) is 11.8. The minimum absolute atomic E-state index is 0.0160. The molecular formula is C11H19N3O2. The molecule has 0 radical (unpaired) electrons. The van der Waals surface area contributed by atoms with Crippen molar-refractivity contribution in [2.24, 2.45) is 5.73 Å². The number of nitrogens with zero attached hydrogens (tertiary/aromatic N) is 2. The topological polar surface area (TPSA) is 82.6 Å². The van der Waals surface area contributed by atoms with Gasteiger partial charge in [0.2, 0.25) is 0 Å². The van der Waals surface area contributed by atoms with Gasteiger partial charge in [0.05, 0.1) is 13.2 Å². The first-order chi connectivity index (χ1) is 7.83. The molecule has 5 heteroatoms. The van der Waals surface area contributed by atoms with Crippen LogP contribution >= 0.6 is 0 Å². The lowest BCUT2D eigenvalue weighted by Gasteiger charge is -2.29. The van der Waals surface area contributed by atoms with Crippen LogP contribution < -0.4 is 5.73 Å². The number of aromatic nitrogens is 1. The second-order valence-corrected chi connectivity index (χ2v) is 3.52. The van der Waals surface area contributed by atoms with Crippen molar-refractivity contribution in [3.63, 3.8) is 0 Å². The first-order valence-corrected chi connectivity index (χ1v) is 5.39. The van der Waals surface area contributed by atoms with Gasteiger partial charge in [-0.25, -0.2) is 0 Å². The van der Waals surface area contributed by atoms with Crippen molar-refractivity contribution in [1.82, 2.24) is 9.88 Å². The monoisotopic (exact) mass is 225 g/mol. The molecule has 4 N–H and O–H groups in total. The molecule has 5 nitrogen and oxygen atoms in total. The Kier molecular flexibility index (Phi) is 5.95. The largest absolute Gasteiger partial charge is 0.395 e. The summed E-state index contributed by atoms with van der Waals surface area (Å²) in [6.45, 7) is 1.57. The third kappa shape index (κ3) is 3.53. The van der Waals surface area contributed by atoms with Crippen LogP contribution in [0.3, 0.4) is 0 Å². The molecule has 0 bridgehead atoms. The molecule has 0 aliphatic heterocycles. The predicted molar refractivity (Wildman–Crippen MR) is 61.8 cm³/mol. The van der Waals surface area contributed by atoms with Crippen LogP contribution in [-0.4, -0.2) is 52.9 Å². The third-order valence-corrected chi connectivity index (χ3v) is 2.53. The van der Waals surface area contributed by atoms with Crippen molar-refractivity contribution in [1.29, 1.82) is 0 Å². The molecule has 0 aliphatic carbocycles. The van der Waals surface area contributed by atoms with Crippen LogP contribution in [0.4, 0.5) is 0 Å². The highest BCUT2D eigenvalue weighted by Gasteiger charge is 2.17. The molecule has 0 fully saturated rings. The van der Waals surface area contributed by atoms with E-state index < -0.39 is 0 Å². The van der Waals surface area contributed by atoms with E-state index in [0.717, 1.165) is 5.56 Å². The fraction of sp³-hybridized carbons (Fsp3) is 0.545. The fourth-order valence-corrected chi connectivity index (χ4v) is 1.76. The van der Waals surface area contributed by atoms with Gasteiger partial charge in [-0.2, -0.15) is 0 Å². The molecule has 1 atom stereocenters. The number of rotatable bonds is 7. The summed E-state index contributed by atoms with van der Waals surface area (Å²) < 4.78 is 0. The van der Waals surface area contributed by atoms with Gasteiger partial charge in [0.15, 0.2) is 0 Å². The van der Waals surface area contributed by atoms with Crippen LogP contribution in [0.25, 0.3) is 0 Å². The summed E-state index contributed by atoms with van der Waals surface area (Å²) in [4.78, 5) is 5.92. The average molecular weight is 225 g/mol. The molecule has 90 valence electrons. The normalized spacial score (nSPS) is 13.0. The fourth-order valence-electron chi connectivity index (χ4n) is 1.76. The lowest BCUT2D eigenvalue weighted by Crippen LogP contribution is -2.37. The van der Waals surface area contributed by atoms with Crippen LogP contribution in [0, 0.1) is 0 Å². The Morgan fingerprint density at radius 3 is 2.19 bits per heavy atom. The van der Waals surface area contributed by atoms with E-state index in [0.29, 0.717) is 19.6 Å². The SMILES string of the molecule is NCC(c1ccncc1)N(CCO)CCO. The minimum atomic E-state index is 0.0160. The molecule has 16 heavy (non-hydrogen) atoms. The van der Waals surface area contributed by atoms with Crippen molar-refractivity contribution in [2.75, 3.05) is 32.8 Å². The van der Waals surface area contributed by atoms with Crippen LogP contribution in [-0.2, 0) is 0 Å². The van der Waals surface area contributed by atoms with Gasteiger partial charge < -0.3 is 15.9 Å². The summed E-state index contributed by atoms with van der Waals surface area (Å²) in [6.07, 6.45) is 3.43. The average Bonchev–Trinajstić information content (AvgIpc) is 2.32. The van der Waals surface area contributed by atoms with E-state index in [4.69, 9.17) is 15.9 Å².